The summed E-state index contributed by atoms with van der Waals surface area (Å²) >= 11 is 6.37. The van der Waals surface area contributed by atoms with Gasteiger partial charge in [-0.25, -0.2) is 5.43 Å². The van der Waals surface area contributed by atoms with Crippen LogP contribution in [-0.4, -0.2) is 43.7 Å². The highest BCUT2D eigenvalue weighted by Crippen LogP contribution is 2.36. The number of carbonyl (C=O) groups is 3. The van der Waals surface area contributed by atoms with Crippen LogP contribution in [0.25, 0.3) is 0 Å². The molecule has 2 aromatic carbocycles. The Labute approximate surface area is 210 Å². The van der Waals surface area contributed by atoms with Crippen molar-refractivity contribution >= 4 is 41.2 Å². The molecule has 0 bridgehead atoms. The first kappa shape index (κ1) is 27.7. The van der Waals surface area contributed by atoms with Gasteiger partial charge in [0.15, 0.2) is 18.1 Å². The van der Waals surface area contributed by atoms with Crippen molar-refractivity contribution in [2.75, 3.05) is 25.1 Å². The molecule has 2 aromatic rings. The highest BCUT2D eigenvalue weighted by Gasteiger charge is 2.15. The number of ether oxygens (including phenoxy) is 2. The van der Waals surface area contributed by atoms with Crippen LogP contribution in [0.15, 0.2) is 35.4 Å². The minimum Gasteiger partial charge on any atom is -0.490 e. The van der Waals surface area contributed by atoms with Crippen molar-refractivity contribution in [2.24, 2.45) is 11.0 Å². The predicted molar refractivity (Wildman–Crippen MR) is 136 cm³/mol. The number of aryl methyl sites for hydroxylation is 2. The van der Waals surface area contributed by atoms with Gasteiger partial charge in [-0.05, 0) is 56.0 Å². The molecule has 0 saturated heterocycles. The van der Waals surface area contributed by atoms with Gasteiger partial charge in [0, 0.05) is 12.2 Å². The zero-order valence-corrected chi connectivity index (χ0v) is 21.3. The Hall–Kier alpha value is -3.59. The molecule has 0 aliphatic carbocycles. The van der Waals surface area contributed by atoms with E-state index in [1.807, 2.05) is 45.9 Å². The number of hydrogen-bond acceptors (Lipinski definition) is 6. The molecular formula is C25H31ClN4O5. The van der Waals surface area contributed by atoms with E-state index in [9.17, 15) is 14.4 Å². The highest BCUT2D eigenvalue weighted by atomic mass is 35.5. The summed E-state index contributed by atoms with van der Waals surface area (Å²) in [5.41, 5.74) is 5.40. The molecule has 0 aromatic heterocycles. The van der Waals surface area contributed by atoms with Crippen molar-refractivity contribution < 1.29 is 23.9 Å². The van der Waals surface area contributed by atoms with E-state index in [-0.39, 0.29) is 29.2 Å². The van der Waals surface area contributed by atoms with Gasteiger partial charge in [-0.3, -0.25) is 14.4 Å². The molecule has 188 valence electrons. The van der Waals surface area contributed by atoms with Gasteiger partial charge in [-0.15, -0.1) is 0 Å². The van der Waals surface area contributed by atoms with Crippen LogP contribution in [-0.2, 0) is 14.4 Å². The van der Waals surface area contributed by atoms with Crippen molar-refractivity contribution in [1.29, 1.82) is 0 Å². The third kappa shape index (κ3) is 8.94. The van der Waals surface area contributed by atoms with E-state index in [1.165, 1.54) is 12.3 Å². The van der Waals surface area contributed by atoms with E-state index in [4.69, 9.17) is 21.1 Å². The monoisotopic (exact) mass is 502 g/mol. The van der Waals surface area contributed by atoms with E-state index >= 15 is 0 Å². The number of nitrogens with one attached hydrogen (secondary N) is 3. The number of nitrogens with zero attached hydrogens (tertiary/aromatic N) is 1. The molecule has 0 unspecified atom stereocenters. The standard InChI is InChI=1S/C25H31ClN4O5/c1-6-34-21-11-18(13-28-30-25(33)24(32)27-12-15(2)3)10-19(26)23(21)35-14-22(31)29-20-8-7-16(4)9-17(20)5/h7-11,13,15H,6,12,14H2,1-5H3,(H,27,32)(H,29,31)(H,30,33)/b28-13-. The van der Waals surface area contributed by atoms with Crippen LogP contribution >= 0.6 is 11.6 Å². The SMILES string of the molecule is CCOc1cc(/C=N\NC(=O)C(=O)NCC(C)C)cc(Cl)c1OCC(=O)Nc1ccc(C)cc1C. The molecule has 10 heteroatoms. The Balaban J connectivity index is 2.04. The molecule has 0 aliphatic rings. The van der Waals surface area contributed by atoms with Crippen LogP contribution in [0, 0.1) is 19.8 Å². The molecule has 2 rings (SSSR count). The van der Waals surface area contributed by atoms with E-state index in [0.29, 0.717) is 30.2 Å². The summed E-state index contributed by atoms with van der Waals surface area (Å²) < 4.78 is 11.3. The molecule has 0 spiro atoms. The third-order valence-electron chi connectivity index (χ3n) is 4.59. The fourth-order valence-corrected chi connectivity index (χ4v) is 3.21. The number of hydrazone groups is 1. The van der Waals surface area contributed by atoms with Crippen molar-refractivity contribution in [3.8, 4) is 11.5 Å². The molecule has 0 aliphatic heterocycles. The molecule has 0 saturated carbocycles. The lowest BCUT2D eigenvalue weighted by molar-refractivity contribution is -0.139. The van der Waals surface area contributed by atoms with Crippen LogP contribution in [0.5, 0.6) is 11.5 Å². The second-order valence-electron chi connectivity index (χ2n) is 8.22. The van der Waals surface area contributed by atoms with E-state index in [0.717, 1.165) is 11.1 Å². The van der Waals surface area contributed by atoms with E-state index in [1.54, 1.807) is 13.0 Å². The van der Waals surface area contributed by atoms with Crippen LogP contribution in [0.3, 0.4) is 0 Å². The predicted octanol–water partition coefficient (Wildman–Crippen LogP) is 3.60. The van der Waals surface area contributed by atoms with Gasteiger partial charge in [0.1, 0.15) is 0 Å². The first-order chi connectivity index (χ1) is 16.6. The molecular weight excluding hydrogens is 472 g/mol. The second-order valence-corrected chi connectivity index (χ2v) is 8.63. The number of rotatable bonds is 10. The van der Waals surface area contributed by atoms with Crippen molar-refractivity contribution in [3.05, 3.63) is 52.0 Å². The average Bonchev–Trinajstić information content (AvgIpc) is 2.78. The lowest BCUT2D eigenvalue weighted by Gasteiger charge is -2.15. The molecule has 0 radical (unpaired) electrons. The lowest BCUT2D eigenvalue weighted by Crippen LogP contribution is -2.39. The second kappa shape index (κ2) is 13.3. The van der Waals surface area contributed by atoms with Crippen molar-refractivity contribution in [1.82, 2.24) is 10.7 Å². The minimum absolute atomic E-state index is 0.192. The van der Waals surface area contributed by atoms with Crippen molar-refractivity contribution in [3.63, 3.8) is 0 Å². The maximum atomic E-state index is 12.4. The average molecular weight is 503 g/mol. The maximum Gasteiger partial charge on any atom is 0.329 e. The minimum atomic E-state index is -0.882. The molecule has 35 heavy (non-hydrogen) atoms. The maximum absolute atomic E-state index is 12.4. The molecule has 0 atom stereocenters. The zero-order valence-electron chi connectivity index (χ0n) is 20.5. The number of halogens is 1. The largest absolute Gasteiger partial charge is 0.490 e. The zero-order chi connectivity index (χ0) is 26.0. The van der Waals surface area contributed by atoms with Gasteiger partial charge in [0.25, 0.3) is 5.91 Å². The smallest absolute Gasteiger partial charge is 0.329 e. The number of hydrogen-bond donors (Lipinski definition) is 3. The summed E-state index contributed by atoms with van der Waals surface area (Å²) in [6.45, 7) is 9.95. The Kier molecular flexibility index (Phi) is 10.5. The fourth-order valence-electron chi connectivity index (χ4n) is 2.94. The molecule has 9 nitrogen and oxygen atoms in total. The summed E-state index contributed by atoms with van der Waals surface area (Å²) in [5.74, 6) is -1.27. The van der Waals surface area contributed by atoms with Crippen molar-refractivity contribution in [2.45, 2.75) is 34.6 Å². The van der Waals surface area contributed by atoms with Gasteiger partial charge in [-0.2, -0.15) is 5.10 Å². The highest BCUT2D eigenvalue weighted by molar-refractivity contribution is 6.35. The third-order valence-corrected chi connectivity index (χ3v) is 4.87. The quantitative estimate of drug-likeness (QED) is 0.260. The van der Waals surface area contributed by atoms with Crippen LogP contribution in [0.1, 0.15) is 37.5 Å². The summed E-state index contributed by atoms with van der Waals surface area (Å²) in [4.78, 5) is 35.9. The lowest BCUT2D eigenvalue weighted by atomic mass is 10.1. The van der Waals surface area contributed by atoms with Crippen LogP contribution < -0.4 is 25.5 Å². The van der Waals surface area contributed by atoms with Crippen LogP contribution in [0.2, 0.25) is 5.02 Å². The van der Waals surface area contributed by atoms with E-state index in [2.05, 4.69) is 21.2 Å². The number of anilines is 1. The topological polar surface area (TPSA) is 118 Å². The molecule has 3 amide bonds. The summed E-state index contributed by atoms with van der Waals surface area (Å²) in [6, 6.07) is 8.86. The Bertz CT molecular complexity index is 1100. The van der Waals surface area contributed by atoms with Crippen LogP contribution in [0.4, 0.5) is 5.69 Å². The molecule has 0 heterocycles. The number of amides is 3. The number of carbonyl (C=O) groups excluding carboxylic acids is 3. The first-order valence-corrected chi connectivity index (χ1v) is 11.6. The van der Waals surface area contributed by atoms with Gasteiger partial charge in [0.05, 0.1) is 17.8 Å². The summed E-state index contributed by atoms with van der Waals surface area (Å²) in [7, 11) is 0. The number of benzene rings is 2. The summed E-state index contributed by atoms with van der Waals surface area (Å²) in [6.07, 6.45) is 1.32. The Morgan fingerprint density at radius 2 is 1.83 bits per heavy atom. The van der Waals surface area contributed by atoms with Gasteiger partial charge < -0.3 is 20.1 Å². The fraction of sp³-hybridized carbons (Fsp3) is 0.360. The normalized spacial score (nSPS) is 10.8. The van der Waals surface area contributed by atoms with E-state index < -0.39 is 11.8 Å². The Morgan fingerprint density at radius 3 is 2.49 bits per heavy atom. The van der Waals surface area contributed by atoms with Gasteiger partial charge >= 0.3 is 11.8 Å². The van der Waals surface area contributed by atoms with Gasteiger partial charge in [0.2, 0.25) is 0 Å². The molecule has 0 fully saturated rings. The first-order valence-electron chi connectivity index (χ1n) is 11.2. The van der Waals surface area contributed by atoms with Gasteiger partial charge in [-0.1, -0.05) is 43.1 Å². The molecule has 3 N–H and O–H groups in total. The Morgan fingerprint density at radius 1 is 1.09 bits per heavy atom. The summed E-state index contributed by atoms with van der Waals surface area (Å²) in [5, 5.41) is 9.30.